The number of amides is 2. The minimum absolute atomic E-state index is 0.296. The van der Waals surface area contributed by atoms with Crippen molar-refractivity contribution in [1.29, 1.82) is 0 Å². The number of unbranched alkanes of at least 4 members (excludes halogenated alkanes) is 1. The van der Waals surface area contributed by atoms with E-state index >= 15 is 0 Å². The predicted octanol–water partition coefficient (Wildman–Crippen LogP) is 4.60. The molecule has 0 saturated heterocycles. The zero-order valence-electron chi connectivity index (χ0n) is 16.9. The summed E-state index contributed by atoms with van der Waals surface area (Å²) < 4.78 is 10.9. The van der Waals surface area contributed by atoms with Gasteiger partial charge in [-0.3, -0.25) is 14.4 Å². The average molecular weight is 385 g/mol. The summed E-state index contributed by atoms with van der Waals surface area (Å²) in [5.41, 5.74) is 0.630. The predicted molar refractivity (Wildman–Crippen MR) is 107 cm³/mol. The molecule has 3 rings (SSSR count). The maximum atomic E-state index is 13.0. The largest absolute Gasteiger partial charge is 0.496 e. The van der Waals surface area contributed by atoms with Crippen LogP contribution >= 0.6 is 0 Å². The summed E-state index contributed by atoms with van der Waals surface area (Å²) >= 11 is 0. The van der Waals surface area contributed by atoms with Gasteiger partial charge in [-0.15, -0.1) is 5.06 Å². The van der Waals surface area contributed by atoms with Gasteiger partial charge in [0, 0.05) is 5.39 Å². The summed E-state index contributed by atoms with van der Waals surface area (Å²) in [7, 11) is 3.09. The van der Waals surface area contributed by atoms with Crippen LogP contribution in [0, 0.1) is 5.92 Å². The standard InChI is InChI=1S/C22H27NO5/c1-5-7-9-14(6-2)13-28-23-21(24)16-12-18(27-4)20-15(19(16)22(23)25)10-8-11-17(20)26-3/h8,10-12,14H,5-7,9,13H2,1-4H3. The number of carbonyl (C=O) groups excluding carboxylic acids is 2. The van der Waals surface area contributed by atoms with Crippen molar-refractivity contribution in [3.8, 4) is 11.5 Å². The topological polar surface area (TPSA) is 65.1 Å². The Morgan fingerprint density at radius 3 is 2.43 bits per heavy atom. The number of imide groups is 1. The molecule has 0 radical (unpaired) electrons. The highest BCUT2D eigenvalue weighted by molar-refractivity contribution is 6.27. The van der Waals surface area contributed by atoms with E-state index in [1.165, 1.54) is 7.11 Å². The number of carbonyl (C=O) groups is 2. The summed E-state index contributed by atoms with van der Waals surface area (Å²) in [5.74, 6) is 0.501. The van der Waals surface area contributed by atoms with Gasteiger partial charge in [-0.1, -0.05) is 45.2 Å². The molecule has 1 heterocycles. The first-order valence-electron chi connectivity index (χ1n) is 9.76. The van der Waals surface area contributed by atoms with Crippen LogP contribution in [0.15, 0.2) is 24.3 Å². The molecule has 1 unspecified atom stereocenters. The van der Waals surface area contributed by atoms with E-state index in [1.807, 2.05) is 0 Å². The van der Waals surface area contributed by atoms with Gasteiger partial charge in [-0.25, -0.2) is 0 Å². The Hall–Kier alpha value is -2.60. The van der Waals surface area contributed by atoms with Crippen molar-refractivity contribution >= 4 is 22.6 Å². The lowest BCUT2D eigenvalue weighted by Crippen LogP contribution is -2.32. The molecule has 0 bridgehead atoms. The first-order chi connectivity index (χ1) is 13.6. The van der Waals surface area contributed by atoms with Crippen molar-refractivity contribution in [2.75, 3.05) is 20.8 Å². The van der Waals surface area contributed by atoms with Crippen molar-refractivity contribution in [3.63, 3.8) is 0 Å². The fourth-order valence-corrected chi connectivity index (χ4v) is 3.64. The average Bonchev–Trinajstić information content (AvgIpc) is 2.97. The van der Waals surface area contributed by atoms with E-state index in [0.717, 1.165) is 30.7 Å². The normalized spacial score (nSPS) is 14.5. The zero-order valence-corrected chi connectivity index (χ0v) is 16.9. The number of ether oxygens (including phenoxy) is 2. The lowest BCUT2D eigenvalue weighted by molar-refractivity contribution is -0.104. The molecule has 1 aliphatic rings. The highest BCUT2D eigenvalue weighted by atomic mass is 16.7. The van der Waals surface area contributed by atoms with E-state index in [2.05, 4.69) is 13.8 Å². The number of hydrogen-bond donors (Lipinski definition) is 0. The van der Waals surface area contributed by atoms with Gasteiger partial charge in [0.2, 0.25) is 0 Å². The molecule has 2 amide bonds. The maximum absolute atomic E-state index is 13.0. The molecule has 1 atom stereocenters. The molecule has 0 aliphatic carbocycles. The van der Waals surface area contributed by atoms with Crippen LogP contribution in [-0.2, 0) is 4.84 Å². The maximum Gasteiger partial charge on any atom is 0.286 e. The number of hydrogen-bond acceptors (Lipinski definition) is 5. The number of benzene rings is 2. The minimum Gasteiger partial charge on any atom is -0.496 e. The summed E-state index contributed by atoms with van der Waals surface area (Å²) in [6.45, 7) is 4.58. The van der Waals surface area contributed by atoms with E-state index in [4.69, 9.17) is 14.3 Å². The second kappa shape index (κ2) is 8.61. The molecule has 0 saturated carbocycles. The summed E-state index contributed by atoms with van der Waals surface area (Å²) in [4.78, 5) is 31.6. The summed E-state index contributed by atoms with van der Waals surface area (Å²) in [5, 5.41) is 2.19. The minimum atomic E-state index is -0.451. The lowest BCUT2D eigenvalue weighted by atomic mass is 9.98. The fraction of sp³-hybridized carbons (Fsp3) is 0.455. The SMILES string of the molecule is CCCCC(CC)CON1C(=O)c2cc(OC)c3c(OC)cccc3c2C1=O. The second-order valence-electron chi connectivity index (χ2n) is 7.00. The third-order valence-corrected chi connectivity index (χ3v) is 5.32. The molecule has 0 N–H and O–H groups in total. The Labute approximate surface area is 165 Å². The molecule has 150 valence electrons. The van der Waals surface area contributed by atoms with Gasteiger partial charge in [-0.2, -0.15) is 0 Å². The van der Waals surface area contributed by atoms with Crippen LogP contribution in [0.25, 0.3) is 10.8 Å². The van der Waals surface area contributed by atoms with Crippen LogP contribution < -0.4 is 9.47 Å². The smallest absolute Gasteiger partial charge is 0.286 e. The van der Waals surface area contributed by atoms with Gasteiger partial charge in [-0.05, 0) is 24.5 Å². The van der Waals surface area contributed by atoms with Crippen LogP contribution in [0.5, 0.6) is 11.5 Å². The number of fused-ring (bicyclic) bond motifs is 3. The third-order valence-electron chi connectivity index (χ3n) is 5.32. The summed E-state index contributed by atoms with van der Waals surface area (Å²) in [6, 6.07) is 6.98. The number of rotatable bonds is 9. The van der Waals surface area contributed by atoms with Gasteiger partial charge >= 0.3 is 0 Å². The molecule has 2 aromatic carbocycles. The van der Waals surface area contributed by atoms with Crippen molar-refractivity contribution in [3.05, 3.63) is 35.4 Å². The zero-order chi connectivity index (χ0) is 20.3. The van der Waals surface area contributed by atoms with E-state index in [9.17, 15) is 9.59 Å². The highest BCUT2D eigenvalue weighted by Crippen LogP contribution is 2.41. The number of methoxy groups -OCH3 is 2. The molecule has 6 heteroatoms. The van der Waals surface area contributed by atoms with Crippen LogP contribution in [-0.4, -0.2) is 37.7 Å². The Morgan fingerprint density at radius 1 is 1.04 bits per heavy atom. The molecular formula is C22H27NO5. The fourth-order valence-electron chi connectivity index (χ4n) is 3.64. The van der Waals surface area contributed by atoms with Crippen molar-refractivity contribution in [1.82, 2.24) is 5.06 Å². The molecule has 2 aromatic rings. The van der Waals surface area contributed by atoms with Crippen molar-refractivity contribution in [2.24, 2.45) is 5.92 Å². The van der Waals surface area contributed by atoms with E-state index in [0.29, 0.717) is 45.9 Å². The Kier molecular flexibility index (Phi) is 6.19. The lowest BCUT2D eigenvalue weighted by Gasteiger charge is -2.18. The second-order valence-corrected chi connectivity index (χ2v) is 7.00. The van der Waals surface area contributed by atoms with E-state index in [1.54, 1.807) is 31.4 Å². The number of nitrogens with zero attached hydrogens (tertiary/aromatic N) is 1. The third kappa shape index (κ3) is 3.44. The van der Waals surface area contributed by atoms with Gasteiger partial charge in [0.15, 0.2) is 0 Å². The summed E-state index contributed by atoms with van der Waals surface area (Å²) in [6.07, 6.45) is 4.17. The molecular weight excluding hydrogens is 358 g/mol. The van der Waals surface area contributed by atoms with E-state index < -0.39 is 11.8 Å². The molecule has 28 heavy (non-hydrogen) atoms. The van der Waals surface area contributed by atoms with Crippen LogP contribution in [0.2, 0.25) is 0 Å². The molecule has 6 nitrogen and oxygen atoms in total. The first kappa shape index (κ1) is 20.1. The van der Waals surface area contributed by atoms with Gasteiger partial charge in [0.05, 0.1) is 37.3 Å². The monoisotopic (exact) mass is 385 g/mol. The Bertz CT molecular complexity index is 892. The van der Waals surface area contributed by atoms with Crippen LogP contribution in [0.4, 0.5) is 0 Å². The van der Waals surface area contributed by atoms with Crippen molar-refractivity contribution in [2.45, 2.75) is 39.5 Å². The molecule has 0 spiro atoms. The molecule has 0 fully saturated rings. The molecule has 0 aromatic heterocycles. The van der Waals surface area contributed by atoms with Gasteiger partial charge in [0.25, 0.3) is 11.8 Å². The Balaban J connectivity index is 1.96. The van der Waals surface area contributed by atoms with E-state index in [-0.39, 0.29) is 0 Å². The quantitative estimate of drug-likeness (QED) is 0.590. The highest BCUT2D eigenvalue weighted by Gasteiger charge is 2.40. The van der Waals surface area contributed by atoms with Crippen LogP contribution in [0.3, 0.4) is 0 Å². The first-order valence-corrected chi connectivity index (χ1v) is 9.76. The molecule has 1 aliphatic heterocycles. The number of hydroxylamine groups is 2. The van der Waals surface area contributed by atoms with Crippen LogP contribution in [0.1, 0.15) is 60.2 Å². The van der Waals surface area contributed by atoms with Gasteiger partial charge < -0.3 is 9.47 Å². The van der Waals surface area contributed by atoms with Gasteiger partial charge in [0.1, 0.15) is 11.5 Å². The van der Waals surface area contributed by atoms with Crippen molar-refractivity contribution < 1.29 is 23.9 Å². The Morgan fingerprint density at radius 2 is 1.79 bits per heavy atom.